The maximum Gasteiger partial charge on any atom is 0.409 e. The van der Waals surface area contributed by atoms with Crippen LogP contribution in [0.1, 0.15) is 5.56 Å². The Bertz CT molecular complexity index is 440. The number of benzene rings is 1. The van der Waals surface area contributed by atoms with Crippen LogP contribution in [0.25, 0.3) is 0 Å². The molecule has 0 aliphatic heterocycles. The Morgan fingerprint density at radius 2 is 2.33 bits per heavy atom. The van der Waals surface area contributed by atoms with Gasteiger partial charge in [0.25, 0.3) is 0 Å². The number of halogens is 2. The smallest absolute Gasteiger partial charge is 0.409 e. The molecule has 3 nitrogen and oxygen atoms in total. The van der Waals surface area contributed by atoms with Gasteiger partial charge in [-0.15, -0.1) is 12.3 Å². The van der Waals surface area contributed by atoms with Crippen molar-refractivity contribution in [1.82, 2.24) is 0 Å². The van der Waals surface area contributed by atoms with E-state index in [0.29, 0.717) is 17.1 Å². The average molecular weight is 336 g/mol. The van der Waals surface area contributed by atoms with Crippen LogP contribution in [0.2, 0.25) is 5.02 Å². The molecule has 0 heterocycles. The Morgan fingerprint density at radius 1 is 1.67 bits per heavy atom. The van der Waals surface area contributed by atoms with Crippen LogP contribution < -0.4 is 5.32 Å². The summed E-state index contributed by atoms with van der Waals surface area (Å²) in [5.74, 6) is 2.47. The van der Waals surface area contributed by atoms with Crippen molar-refractivity contribution in [2.75, 3.05) is 5.32 Å². The molecule has 0 radical (unpaired) electrons. The molecular weight excluding hydrogens is 328 g/mol. The molecule has 1 rings (SSSR count). The highest BCUT2D eigenvalue weighted by Crippen LogP contribution is 2.28. The van der Waals surface area contributed by atoms with E-state index in [1.54, 1.807) is 12.1 Å². The van der Waals surface area contributed by atoms with E-state index in [4.69, 9.17) is 23.1 Å². The lowest BCUT2D eigenvalue weighted by Crippen LogP contribution is -2.10. The Morgan fingerprint density at radius 3 is 2.87 bits per heavy atom. The molecule has 0 aliphatic carbocycles. The molecular formula is C10H7ClINO2. The van der Waals surface area contributed by atoms with E-state index in [0.717, 1.165) is 9.13 Å². The fourth-order valence-corrected chi connectivity index (χ4v) is 1.94. The summed E-state index contributed by atoms with van der Waals surface area (Å²) < 4.78 is 0.776. The summed E-state index contributed by atoms with van der Waals surface area (Å²) >= 11 is 7.95. The molecule has 0 aliphatic rings. The summed E-state index contributed by atoms with van der Waals surface area (Å²) in [6.07, 6.45) is 4.43. The van der Waals surface area contributed by atoms with Crippen molar-refractivity contribution in [1.29, 1.82) is 0 Å². The Balaban J connectivity index is 3.21. The first kappa shape index (κ1) is 12.1. The van der Waals surface area contributed by atoms with Gasteiger partial charge in [0.1, 0.15) is 0 Å². The van der Waals surface area contributed by atoms with Gasteiger partial charge in [0.2, 0.25) is 0 Å². The lowest BCUT2D eigenvalue weighted by Gasteiger charge is -2.10. The van der Waals surface area contributed by atoms with Crippen molar-refractivity contribution in [2.24, 2.45) is 0 Å². The predicted octanol–water partition coefficient (Wildman–Crippen LogP) is 3.21. The second-order valence-corrected chi connectivity index (χ2v) is 4.18. The maximum atomic E-state index is 10.5. The van der Waals surface area contributed by atoms with Crippen molar-refractivity contribution in [3.05, 3.63) is 26.3 Å². The van der Waals surface area contributed by atoms with Crippen molar-refractivity contribution < 1.29 is 9.90 Å². The normalized spacial score (nSPS) is 9.40. The van der Waals surface area contributed by atoms with Gasteiger partial charge < -0.3 is 5.11 Å². The molecule has 0 aromatic heterocycles. The monoisotopic (exact) mass is 335 g/mol. The summed E-state index contributed by atoms with van der Waals surface area (Å²) in [4.78, 5) is 10.5. The van der Waals surface area contributed by atoms with Gasteiger partial charge in [0.15, 0.2) is 0 Å². The van der Waals surface area contributed by atoms with Crippen molar-refractivity contribution in [3.63, 3.8) is 0 Å². The van der Waals surface area contributed by atoms with Crippen molar-refractivity contribution >= 4 is 46.0 Å². The van der Waals surface area contributed by atoms with Gasteiger partial charge in [0, 0.05) is 21.2 Å². The minimum Gasteiger partial charge on any atom is -0.465 e. The van der Waals surface area contributed by atoms with E-state index >= 15 is 0 Å². The first-order valence-corrected chi connectivity index (χ1v) is 5.42. The second-order valence-electron chi connectivity index (χ2n) is 2.70. The minimum absolute atomic E-state index is 0.342. The van der Waals surface area contributed by atoms with Crippen LogP contribution in [-0.4, -0.2) is 11.2 Å². The van der Waals surface area contributed by atoms with Crippen LogP contribution in [0.5, 0.6) is 0 Å². The van der Waals surface area contributed by atoms with Gasteiger partial charge in [0.05, 0.1) is 5.02 Å². The SMILES string of the molecule is C#CCc1c(NC(=O)O)ccc(Cl)c1I. The first-order chi connectivity index (χ1) is 7.06. The minimum atomic E-state index is -1.12. The second kappa shape index (κ2) is 5.24. The molecule has 0 fully saturated rings. The molecule has 15 heavy (non-hydrogen) atoms. The number of amides is 1. The third kappa shape index (κ3) is 3.01. The summed E-state index contributed by atoms with van der Waals surface area (Å²) in [6, 6.07) is 3.24. The third-order valence-electron chi connectivity index (χ3n) is 1.72. The Labute approximate surface area is 106 Å². The standard InChI is InChI=1S/C10H7ClINO2/c1-2-3-6-8(13-10(14)15)5-4-7(11)9(6)12/h1,4-5,13H,3H2,(H,14,15). The molecule has 1 aromatic rings. The highest BCUT2D eigenvalue weighted by molar-refractivity contribution is 14.1. The fourth-order valence-electron chi connectivity index (χ4n) is 1.10. The zero-order valence-corrected chi connectivity index (χ0v) is 10.5. The van der Waals surface area contributed by atoms with E-state index in [9.17, 15) is 4.79 Å². The molecule has 0 atom stereocenters. The van der Waals surface area contributed by atoms with Gasteiger partial charge >= 0.3 is 6.09 Å². The van der Waals surface area contributed by atoms with Crippen LogP contribution in [0.15, 0.2) is 12.1 Å². The number of hydrogen-bond acceptors (Lipinski definition) is 1. The molecule has 2 N–H and O–H groups in total. The number of carboxylic acid groups (broad SMARTS) is 1. The van der Waals surface area contributed by atoms with Crippen LogP contribution in [0.4, 0.5) is 10.5 Å². The third-order valence-corrected chi connectivity index (χ3v) is 3.58. The highest BCUT2D eigenvalue weighted by atomic mass is 127. The molecule has 0 saturated carbocycles. The predicted molar refractivity (Wildman–Crippen MR) is 68.4 cm³/mol. The number of terminal acetylenes is 1. The fraction of sp³-hybridized carbons (Fsp3) is 0.100. The highest BCUT2D eigenvalue weighted by Gasteiger charge is 2.10. The van der Waals surface area contributed by atoms with E-state index < -0.39 is 6.09 Å². The maximum absolute atomic E-state index is 10.5. The van der Waals surface area contributed by atoms with Crippen LogP contribution in [0.3, 0.4) is 0 Å². The van der Waals surface area contributed by atoms with Crippen molar-refractivity contribution in [2.45, 2.75) is 6.42 Å². The quantitative estimate of drug-likeness (QED) is 0.644. The van der Waals surface area contributed by atoms with E-state index in [1.807, 2.05) is 22.6 Å². The van der Waals surface area contributed by atoms with Gasteiger partial charge in [-0.25, -0.2) is 4.79 Å². The van der Waals surface area contributed by atoms with Gasteiger partial charge in [-0.05, 0) is 34.7 Å². The Hall–Kier alpha value is -0.930. The van der Waals surface area contributed by atoms with E-state index in [-0.39, 0.29) is 0 Å². The summed E-state index contributed by atoms with van der Waals surface area (Å²) in [5, 5.41) is 11.5. The van der Waals surface area contributed by atoms with Gasteiger partial charge in [-0.1, -0.05) is 11.6 Å². The van der Waals surface area contributed by atoms with Crippen LogP contribution >= 0.6 is 34.2 Å². The molecule has 78 valence electrons. The topological polar surface area (TPSA) is 49.3 Å². The molecule has 5 heteroatoms. The van der Waals surface area contributed by atoms with Crippen LogP contribution in [0, 0.1) is 15.9 Å². The number of rotatable bonds is 2. The van der Waals surface area contributed by atoms with E-state index in [2.05, 4.69) is 11.2 Å². The summed E-state index contributed by atoms with van der Waals surface area (Å²) in [7, 11) is 0. The molecule has 0 spiro atoms. The zero-order chi connectivity index (χ0) is 11.4. The number of nitrogens with one attached hydrogen (secondary N) is 1. The van der Waals surface area contributed by atoms with Crippen LogP contribution in [-0.2, 0) is 6.42 Å². The average Bonchev–Trinajstić information content (AvgIpc) is 2.17. The van der Waals surface area contributed by atoms with Gasteiger partial charge in [-0.2, -0.15) is 0 Å². The first-order valence-electron chi connectivity index (χ1n) is 3.96. The zero-order valence-electron chi connectivity index (χ0n) is 7.55. The molecule has 1 aromatic carbocycles. The molecule has 0 unspecified atom stereocenters. The van der Waals surface area contributed by atoms with Crippen molar-refractivity contribution in [3.8, 4) is 12.3 Å². The number of carbonyl (C=O) groups is 1. The number of hydrogen-bond donors (Lipinski definition) is 2. The number of anilines is 1. The lowest BCUT2D eigenvalue weighted by atomic mass is 10.1. The summed E-state index contributed by atoms with van der Waals surface area (Å²) in [5.41, 5.74) is 1.21. The molecule has 0 bridgehead atoms. The Kier molecular flexibility index (Phi) is 4.24. The largest absolute Gasteiger partial charge is 0.465 e. The van der Waals surface area contributed by atoms with Gasteiger partial charge in [-0.3, -0.25) is 5.32 Å². The lowest BCUT2D eigenvalue weighted by molar-refractivity contribution is 0.209. The summed E-state index contributed by atoms with van der Waals surface area (Å²) in [6.45, 7) is 0. The van der Waals surface area contributed by atoms with E-state index in [1.165, 1.54) is 0 Å². The molecule has 0 saturated heterocycles. The molecule has 1 amide bonds.